The number of halogens is 1. The number of anilines is 1. The summed E-state index contributed by atoms with van der Waals surface area (Å²) in [5, 5.41) is 19.0. The van der Waals surface area contributed by atoms with E-state index in [0.717, 1.165) is 50.4 Å². The average Bonchev–Trinajstić information content (AvgIpc) is 3.11. The highest BCUT2D eigenvalue weighted by Crippen LogP contribution is 2.32. The van der Waals surface area contributed by atoms with E-state index in [0.29, 0.717) is 16.4 Å². The van der Waals surface area contributed by atoms with Crippen LogP contribution in [0, 0.1) is 11.3 Å². The fraction of sp³-hybridized carbons (Fsp3) is 0.533. The van der Waals surface area contributed by atoms with Gasteiger partial charge in [-0.3, -0.25) is 4.68 Å². The molecule has 0 saturated heterocycles. The third-order valence-corrected chi connectivity index (χ3v) is 4.53. The monoisotopic (exact) mass is 318 g/mol. The fourth-order valence-corrected chi connectivity index (χ4v) is 3.29. The van der Waals surface area contributed by atoms with E-state index in [1.54, 1.807) is 10.9 Å². The Morgan fingerprint density at radius 1 is 1.36 bits per heavy atom. The van der Waals surface area contributed by atoms with Crippen LogP contribution in [0.15, 0.2) is 6.20 Å². The molecule has 2 aromatic rings. The molecule has 0 aromatic carbocycles. The minimum absolute atomic E-state index is 0.547. The predicted molar refractivity (Wildman–Crippen MR) is 85.6 cm³/mol. The summed E-state index contributed by atoms with van der Waals surface area (Å²) in [7, 11) is 0. The van der Waals surface area contributed by atoms with Gasteiger partial charge in [0.2, 0.25) is 0 Å². The molecule has 0 saturated carbocycles. The average molecular weight is 319 g/mol. The van der Waals surface area contributed by atoms with Gasteiger partial charge < -0.3 is 4.90 Å². The summed E-state index contributed by atoms with van der Waals surface area (Å²) in [6.07, 6.45) is 4.79. The molecule has 0 unspecified atom stereocenters. The van der Waals surface area contributed by atoms with Gasteiger partial charge in [0, 0.05) is 19.6 Å². The highest BCUT2D eigenvalue weighted by molar-refractivity contribution is 6.32. The number of hydrogen-bond acceptors (Lipinski definition) is 4. The third kappa shape index (κ3) is 2.26. The Balaban J connectivity index is 2.15. The zero-order valence-electron chi connectivity index (χ0n) is 12.9. The van der Waals surface area contributed by atoms with Crippen molar-refractivity contribution in [3.63, 3.8) is 0 Å². The molecule has 0 fully saturated rings. The van der Waals surface area contributed by atoms with Crippen molar-refractivity contribution >= 4 is 17.4 Å². The smallest absolute Gasteiger partial charge is 0.196 e. The highest BCUT2D eigenvalue weighted by Gasteiger charge is 2.25. The van der Waals surface area contributed by atoms with Gasteiger partial charge in [-0.1, -0.05) is 11.6 Å². The van der Waals surface area contributed by atoms with Crippen LogP contribution in [0.5, 0.6) is 0 Å². The number of hydrogen-bond donors (Lipinski definition) is 0. The lowest BCUT2D eigenvalue weighted by molar-refractivity contribution is 0.484. The molecule has 116 valence electrons. The standard InChI is InChI=1S/C15H19ClN6/c1-3-20(4-2)15-11(9-17)10-18-22(15)14-13(16)12-7-5-6-8-21(12)19-14/h10H,3-8H2,1-2H3. The van der Waals surface area contributed by atoms with Crippen LogP contribution < -0.4 is 4.90 Å². The maximum absolute atomic E-state index is 9.36. The van der Waals surface area contributed by atoms with E-state index >= 15 is 0 Å². The summed E-state index contributed by atoms with van der Waals surface area (Å²) in [6, 6.07) is 2.21. The first-order valence-electron chi connectivity index (χ1n) is 7.69. The molecule has 6 nitrogen and oxygen atoms in total. The SMILES string of the molecule is CCN(CC)c1c(C#N)cnn1-c1nn2c(c1Cl)CCCC2. The highest BCUT2D eigenvalue weighted by atomic mass is 35.5. The molecular weight excluding hydrogens is 300 g/mol. The molecule has 0 amide bonds. The number of fused-ring (bicyclic) bond motifs is 1. The lowest BCUT2D eigenvalue weighted by Gasteiger charge is -2.21. The molecule has 0 spiro atoms. The Morgan fingerprint density at radius 2 is 2.14 bits per heavy atom. The van der Waals surface area contributed by atoms with Gasteiger partial charge in [0.1, 0.15) is 16.7 Å². The molecular formula is C15H19ClN6. The first-order valence-corrected chi connectivity index (χ1v) is 8.07. The van der Waals surface area contributed by atoms with Crippen molar-refractivity contribution < 1.29 is 0 Å². The molecule has 0 bridgehead atoms. The van der Waals surface area contributed by atoms with Crippen molar-refractivity contribution in [2.24, 2.45) is 0 Å². The Labute approximate surface area is 134 Å². The third-order valence-electron chi connectivity index (χ3n) is 4.14. The van der Waals surface area contributed by atoms with Crippen LogP contribution in [0.1, 0.15) is 37.9 Å². The van der Waals surface area contributed by atoms with E-state index in [4.69, 9.17) is 11.6 Å². The summed E-state index contributed by atoms with van der Waals surface area (Å²) < 4.78 is 3.68. The van der Waals surface area contributed by atoms with E-state index in [9.17, 15) is 5.26 Å². The Kier molecular flexibility index (Phi) is 4.08. The molecule has 0 N–H and O–H groups in total. The van der Waals surface area contributed by atoms with Gasteiger partial charge in [0.15, 0.2) is 11.6 Å². The molecule has 3 rings (SSSR count). The predicted octanol–water partition coefficient (Wildman–Crippen LogP) is 2.78. The summed E-state index contributed by atoms with van der Waals surface area (Å²) in [4.78, 5) is 2.10. The second-order valence-corrected chi connectivity index (χ2v) is 5.72. The molecule has 1 aliphatic rings. The van der Waals surface area contributed by atoms with Gasteiger partial charge in [0.25, 0.3) is 0 Å². The van der Waals surface area contributed by atoms with E-state index in [-0.39, 0.29) is 0 Å². The largest absolute Gasteiger partial charge is 0.356 e. The second kappa shape index (κ2) is 6.01. The molecule has 7 heteroatoms. The van der Waals surface area contributed by atoms with Crippen molar-refractivity contribution in [3.05, 3.63) is 22.5 Å². The minimum atomic E-state index is 0.547. The van der Waals surface area contributed by atoms with Crippen LogP contribution in [0.2, 0.25) is 5.02 Å². The van der Waals surface area contributed by atoms with E-state index < -0.39 is 0 Å². The summed E-state index contributed by atoms with van der Waals surface area (Å²) in [5.41, 5.74) is 1.62. The van der Waals surface area contributed by atoms with Crippen LogP contribution in [-0.2, 0) is 13.0 Å². The van der Waals surface area contributed by atoms with Gasteiger partial charge in [-0.05, 0) is 33.1 Å². The van der Waals surface area contributed by atoms with Crippen molar-refractivity contribution in [3.8, 4) is 11.9 Å². The van der Waals surface area contributed by atoms with E-state index in [1.807, 2.05) is 4.68 Å². The molecule has 22 heavy (non-hydrogen) atoms. The van der Waals surface area contributed by atoms with Crippen molar-refractivity contribution in [2.45, 2.75) is 39.7 Å². The Bertz CT molecular complexity index is 719. The van der Waals surface area contributed by atoms with Gasteiger partial charge in [-0.25, -0.2) is 0 Å². The minimum Gasteiger partial charge on any atom is -0.356 e. The molecule has 3 heterocycles. The summed E-state index contributed by atoms with van der Waals surface area (Å²) in [6.45, 7) is 6.59. The molecule has 1 aliphatic heterocycles. The molecule has 2 aromatic heterocycles. The van der Waals surface area contributed by atoms with Gasteiger partial charge >= 0.3 is 0 Å². The number of aromatic nitrogens is 4. The molecule has 0 radical (unpaired) electrons. The van der Waals surface area contributed by atoms with Gasteiger partial charge in [-0.2, -0.15) is 20.1 Å². The number of aryl methyl sites for hydroxylation is 1. The zero-order valence-corrected chi connectivity index (χ0v) is 13.6. The van der Waals surface area contributed by atoms with Gasteiger partial charge in [0.05, 0.1) is 11.9 Å². The molecule has 0 atom stereocenters. The van der Waals surface area contributed by atoms with Crippen molar-refractivity contribution in [1.29, 1.82) is 5.26 Å². The lowest BCUT2D eigenvalue weighted by Crippen LogP contribution is -2.25. The first kappa shape index (κ1) is 14.9. The van der Waals surface area contributed by atoms with E-state index in [1.165, 1.54) is 0 Å². The van der Waals surface area contributed by atoms with Crippen molar-refractivity contribution in [1.82, 2.24) is 19.6 Å². The summed E-state index contributed by atoms with van der Waals surface area (Å²) in [5.74, 6) is 1.40. The van der Waals surface area contributed by atoms with Crippen LogP contribution in [0.25, 0.3) is 5.82 Å². The van der Waals surface area contributed by atoms with Crippen LogP contribution in [0.3, 0.4) is 0 Å². The topological polar surface area (TPSA) is 62.7 Å². The van der Waals surface area contributed by atoms with Crippen molar-refractivity contribution in [2.75, 3.05) is 18.0 Å². The lowest BCUT2D eigenvalue weighted by atomic mass is 10.1. The maximum Gasteiger partial charge on any atom is 0.196 e. The number of nitrogens with zero attached hydrogens (tertiary/aromatic N) is 6. The normalized spacial score (nSPS) is 13.7. The van der Waals surface area contributed by atoms with E-state index in [2.05, 4.69) is 35.0 Å². The van der Waals surface area contributed by atoms with Crippen LogP contribution >= 0.6 is 11.6 Å². The molecule has 0 aliphatic carbocycles. The maximum atomic E-state index is 9.36. The zero-order chi connectivity index (χ0) is 15.7. The second-order valence-electron chi connectivity index (χ2n) is 5.34. The summed E-state index contributed by atoms with van der Waals surface area (Å²) >= 11 is 6.55. The Hall–Kier alpha value is -2.00. The number of rotatable bonds is 4. The van der Waals surface area contributed by atoms with Crippen LogP contribution in [-0.4, -0.2) is 32.7 Å². The van der Waals surface area contributed by atoms with Crippen LogP contribution in [0.4, 0.5) is 5.82 Å². The van der Waals surface area contributed by atoms with Gasteiger partial charge in [-0.15, -0.1) is 0 Å². The first-order chi connectivity index (χ1) is 10.7. The number of nitriles is 1. The quantitative estimate of drug-likeness (QED) is 0.869. The Morgan fingerprint density at radius 3 is 2.77 bits per heavy atom. The fourth-order valence-electron chi connectivity index (χ4n) is 2.98.